The fourth-order valence-corrected chi connectivity index (χ4v) is 5.70. The Morgan fingerprint density at radius 3 is 2.76 bits per heavy atom. The summed E-state index contributed by atoms with van der Waals surface area (Å²) in [7, 11) is 1.66. The Morgan fingerprint density at radius 1 is 1.48 bits per heavy atom. The fourth-order valence-electron chi connectivity index (χ4n) is 4.49. The Balaban J connectivity index is 1.90. The van der Waals surface area contributed by atoms with Gasteiger partial charge in [-0.15, -0.1) is 11.3 Å². The molecule has 2 unspecified atom stereocenters. The van der Waals surface area contributed by atoms with E-state index in [0.717, 1.165) is 27.3 Å². The van der Waals surface area contributed by atoms with Crippen molar-refractivity contribution in [1.29, 1.82) is 5.26 Å². The van der Waals surface area contributed by atoms with Crippen molar-refractivity contribution in [2.45, 2.75) is 25.8 Å². The molecule has 1 fully saturated rings. The lowest BCUT2D eigenvalue weighted by molar-refractivity contribution is -0.136. The Bertz CT molecular complexity index is 1130. The number of nitriles is 1. The number of thiophene rings is 1. The first-order valence-corrected chi connectivity index (χ1v) is 10.1. The molecule has 2 heterocycles. The highest BCUT2D eigenvalue weighted by Crippen LogP contribution is 2.67. The van der Waals surface area contributed by atoms with Crippen LogP contribution in [0.15, 0.2) is 35.8 Å². The molecule has 148 valence electrons. The van der Waals surface area contributed by atoms with E-state index in [1.54, 1.807) is 19.2 Å². The number of carbonyl (C=O) groups is 1. The smallest absolute Gasteiger partial charge is 0.238 e. The van der Waals surface area contributed by atoms with Crippen molar-refractivity contribution in [3.8, 4) is 17.2 Å². The zero-order chi connectivity index (χ0) is 21.1. The average Bonchev–Trinajstić information content (AvgIpc) is 3.20. The summed E-state index contributed by atoms with van der Waals surface area (Å²) >= 11 is 1.50. The molecule has 7 heteroatoms. The molecular weight excluding hydrogens is 387 g/mol. The van der Waals surface area contributed by atoms with Gasteiger partial charge in [-0.3, -0.25) is 9.69 Å². The minimum absolute atomic E-state index is 0.0105. The van der Waals surface area contributed by atoms with Gasteiger partial charge in [0.05, 0.1) is 11.0 Å². The normalized spacial score (nSPS) is 28.2. The number of guanidine groups is 1. The van der Waals surface area contributed by atoms with Crippen LogP contribution in [0.4, 0.5) is 4.39 Å². The van der Waals surface area contributed by atoms with Crippen LogP contribution in [0.1, 0.15) is 35.6 Å². The second-order valence-corrected chi connectivity index (χ2v) is 8.97. The highest BCUT2D eigenvalue weighted by molar-refractivity contribution is 7.13. The van der Waals surface area contributed by atoms with Crippen LogP contribution in [-0.4, -0.2) is 23.8 Å². The van der Waals surface area contributed by atoms with Crippen LogP contribution in [-0.2, 0) is 10.3 Å². The topological polar surface area (TPSA) is 82.5 Å². The van der Waals surface area contributed by atoms with Gasteiger partial charge in [0.1, 0.15) is 17.4 Å². The van der Waals surface area contributed by atoms with Gasteiger partial charge >= 0.3 is 0 Å². The number of amides is 1. The lowest BCUT2D eigenvalue weighted by Crippen LogP contribution is -2.55. The van der Waals surface area contributed by atoms with E-state index in [-0.39, 0.29) is 23.3 Å². The van der Waals surface area contributed by atoms with Crippen LogP contribution < -0.4 is 5.73 Å². The summed E-state index contributed by atoms with van der Waals surface area (Å²) < 4.78 is 13.8. The van der Waals surface area contributed by atoms with Gasteiger partial charge in [0, 0.05) is 22.4 Å². The summed E-state index contributed by atoms with van der Waals surface area (Å²) in [5, 5.41) is 9.17. The second-order valence-electron chi connectivity index (χ2n) is 7.88. The lowest BCUT2D eigenvalue weighted by atomic mass is 9.77. The van der Waals surface area contributed by atoms with Gasteiger partial charge in [-0.25, -0.2) is 9.38 Å². The molecule has 2 aromatic rings. The quantitative estimate of drug-likeness (QED) is 0.830. The molecule has 2 aliphatic rings. The molecular formula is C22H21FN4OS. The molecule has 0 bridgehead atoms. The fraction of sp³-hybridized carbons (Fsp3) is 0.318. The summed E-state index contributed by atoms with van der Waals surface area (Å²) in [6.45, 7) is 7.92. The van der Waals surface area contributed by atoms with Crippen LogP contribution >= 0.6 is 11.3 Å². The van der Waals surface area contributed by atoms with Gasteiger partial charge < -0.3 is 5.73 Å². The van der Waals surface area contributed by atoms with Crippen molar-refractivity contribution in [3.63, 3.8) is 0 Å². The number of rotatable bonds is 3. The third-order valence-electron chi connectivity index (χ3n) is 6.37. The number of nitrogens with two attached hydrogens (primary N) is 1. The maximum absolute atomic E-state index is 13.8. The van der Waals surface area contributed by atoms with Crippen molar-refractivity contribution >= 4 is 29.3 Å². The molecule has 1 amide bonds. The van der Waals surface area contributed by atoms with E-state index in [0.29, 0.717) is 0 Å². The Kier molecular flexibility index (Phi) is 4.18. The molecule has 2 N–H and O–H groups in total. The predicted molar refractivity (Wildman–Crippen MR) is 112 cm³/mol. The van der Waals surface area contributed by atoms with Gasteiger partial charge in [-0.1, -0.05) is 25.6 Å². The third-order valence-corrected chi connectivity index (χ3v) is 7.71. The third kappa shape index (κ3) is 2.49. The summed E-state index contributed by atoms with van der Waals surface area (Å²) in [6.07, 6.45) is 2.48. The van der Waals surface area contributed by atoms with Crippen molar-refractivity contribution in [1.82, 2.24) is 4.90 Å². The van der Waals surface area contributed by atoms with Gasteiger partial charge in [0.25, 0.3) is 0 Å². The molecule has 0 radical (unpaired) electrons. The molecule has 4 rings (SSSR count). The number of aliphatic imine (C=N–C) groups is 1. The van der Waals surface area contributed by atoms with E-state index >= 15 is 0 Å². The predicted octanol–water partition coefficient (Wildman–Crippen LogP) is 4.10. The molecule has 3 atom stereocenters. The minimum atomic E-state index is -0.793. The largest absolute Gasteiger partial charge is 0.369 e. The molecule has 1 aromatic carbocycles. The molecule has 0 saturated heterocycles. The van der Waals surface area contributed by atoms with Crippen LogP contribution in [0.25, 0.3) is 17.2 Å². The number of nitrogens with zero attached hydrogens (tertiary/aromatic N) is 3. The Morgan fingerprint density at radius 2 is 2.17 bits per heavy atom. The van der Waals surface area contributed by atoms with Gasteiger partial charge in [0.2, 0.25) is 5.91 Å². The first-order valence-electron chi connectivity index (χ1n) is 9.30. The van der Waals surface area contributed by atoms with Crippen LogP contribution in [0.2, 0.25) is 0 Å². The van der Waals surface area contributed by atoms with Crippen molar-refractivity contribution in [2.24, 2.45) is 22.1 Å². The molecule has 5 nitrogen and oxygen atoms in total. The molecule has 29 heavy (non-hydrogen) atoms. The summed E-state index contributed by atoms with van der Waals surface area (Å²) in [6, 6.07) is 8.32. The number of halogens is 1. The van der Waals surface area contributed by atoms with E-state index in [9.17, 15) is 14.4 Å². The highest BCUT2D eigenvalue weighted by atomic mass is 32.1. The number of hydrogen-bond donors (Lipinski definition) is 1. The highest BCUT2D eigenvalue weighted by Gasteiger charge is 2.71. The van der Waals surface area contributed by atoms with E-state index < -0.39 is 16.8 Å². The monoisotopic (exact) mass is 408 g/mol. The first-order chi connectivity index (χ1) is 13.7. The first kappa shape index (κ1) is 19.3. The van der Waals surface area contributed by atoms with Crippen molar-refractivity contribution < 1.29 is 9.18 Å². The van der Waals surface area contributed by atoms with Crippen molar-refractivity contribution in [3.05, 3.63) is 52.0 Å². The van der Waals surface area contributed by atoms with Crippen LogP contribution in [0.5, 0.6) is 0 Å². The standard InChI is InChI=1S/C22H21FN4OS/c1-5-17-15(13-6-7-16(23)14(8-13)11-24)9-18(29-17)21(3)22(10-12(22)2)19(28)27(4)20(25)26-21/h5-9,12H,1,10H2,2-4H3,(H2,25,26)/t12?,21-,22?/m1/s1. The number of benzene rings is 1. The summed E-state index contributed by atoms with van der Waals surface area (Å²) in [5.41, 5.74) is 6.21. The Labute approximate surface area is 173 Å². The maximum Gasteiger partial charge on any atom is 0.238 e. The van der Waals surface area contributed by atoms with E-state index in [1.807, 2.05) is 19.1 Å². The molecule has 1 aromatic heterocycles. The lowest BCUT2D eigenvalue weighted by Gasteiger charge is -2.41. The van der Waals surface area contributed by atoms with Crippen LogP contribution in [0, 0.1) is 28.5 Å². The zero-order valence-corrected chi connectivity index (χ0v) is 17.3. The summed E-state index contributed by atoms with van der Waals surface area (Å²) in [4.78, 5) is 21.1. The minimum Gasteiger partial charge on any atom is -0.369 e. The van der Waals surface area contributed by atoms with Crippen LogP contribution in [0.3, 0.4) is 0 Å². The SMILES string of the molecule is C=Cc1sc([C@@]2(C)N=C(N)N(C)C(=O)C23CC3C)cc1-c1ccc(F)c(C#N)c1. The molecule has 1 spiro atoms. The average molecular weight is 409 g/mol. The molecule has 1 aliphatic carbocycles. The van der Waals surface area contributed by atoms with E-state index in [1.165, 1.54) is 28.4 Å². The van der Waals surface area contributed by atoms with E-state index in [4.69, 9.17) is 10.7 Å². The zero-order valence-electron chi connectivity index (χ0n) is 16.5. The molecule has 1 saturated carbocycles. The Hall–Kier alpha value is -2.98. The second kappa shape index (κ2) is 6.26. The molecule has 1 aliphatic heterocycles. The number of hydrogen-bond acceptors (Lipinski definition) is 5. The van der Waals surface area contributed by atoms with E-state index in [2.05, 4.69) is 13.5 Å². The van der Waals surface area contributed by atoms with Gasteiger partial charge in [-0.05, 0) is 43.0 Å². The number of carbonyl (C=O) groups excluding carboxylic acids is 1. The van der Waals surface area contributed by atoms with Gasteiger partial charge in [-0.2, -0.15) is 5.26 Å². The van der Waals surface area contributed by atoms with Gasteiger partial charge in [0.15, 0.2) is 5.96 Å². The summed E-state index contributed by atoms with van der Waals surface area (Å²) in [5.74, 6) is -0.176. The maximum atomic E-state index is 13.8. The van der Waals surface area contributed by atoms with Crippen molar-refractivity contribution in [2.75, 3.05) is 7.05 Å².